The molecule has 1 aromatic heterocycles. The van der Waals surface area contributed by atoms with E-state index < -0.39 is 6.04 Å². The number of carbonyl (C=O) groups excluding carboxylic acids is 1. The molecule has 0 saturated carbocycles. The fourth-order valence-corrected chi connectivity index (χ4v) is 2.44. The van der Waals surface area contributed by atoms with Gasteiger partial charge in [-0.15, -0.1) is 12.4 Å². The molecule has 3 N–H and O–H groups in total. The van der Waals surface area contributed by atoms with Crippen molar-refractivity contribution in [2.75, 3.05) is 5.32 Å². The van der Waals surface area contributed by atoms with Crippen LogP contribution in [-0.4, -0.2) is 21.7 Å². The zero-order valence-corrected chi connectivity index (χ0v) is 15.0. The first-order valence-corrected chi connectivity index (χ1v) is 7.79. The summed E-state index contributed by atoms with van der Waals surface area (Å²) in [5.74, 6) is 0.355. The zero-order valence-electron chi connectivity index (χ0n) is 12.6. The van der Waals surface area contributed by atoms with Crippen LogP contribution in [0.25, 0.3) is 0 Å². The van der Waals surface area contributed by atoms with Gasteiger partial charge in [-0.25, -0.2) is 4.68 Å². The summed E-state index contributed by atoms with van der Waals surface area (Å²) in [6.45, 7) is 2.39. The number of amides is 1. The van der Waals surface area contributed by atoms with Crippen LogP contribution in [-0.2, 0) is 11.3 Å². The summed E-state index contributed by atoms with van der Waals surface area (Å²) >= 11 is 12.2. The summed E-state index contributed by atoms with van der Waals surface area (Å²) in [6, 6.07) is 6.60. The maximum Gasteiger partial charge on any atom is 0.242 e. The van der Waals surface area contributed by atoms with Crippen LogP contribution >= 0.6 is 35.6 Å². The van der Waals surface area contributed by atoms with Crippen molar-refractivity contribution in [3.63, 3.8) is 0 Å². The second-order valence-corrected chi connectivity index (χ2v) is 5.76. The molecule has 0 radical (unpaired) electrons. The molecule has 1 atom stereocenters. The van der Waals surface area contributed by atoms with E-state index >= 15 is 0 Å². The van der Waals surface area contributed by atoms with Crippen LogP contribution in [0.15, 0.2) is 30.5 Å². The van der Waals surface area contributed by atoms with Gasteiger partial charge in [-0.05, 0) is 18.1 Å². The van der Waals surface area contributed by atoms with Gasteiger partial charge in [0.05, 0.1) is 28.8 Å². The standard InChI is InChI=1S/C15H18Cl2N4O.ClH/c1-2-4-12(18)15(22)20-13-7-8-19-21(13)9-10-5-3-6-11(16)14(10)17;/h3,5-8,12H,2,4,9,18H2,1H3,(H,20,22);1H. The lowest BCUT2D eigenvalue weighted by atomic mass is 10.2. The average molecular weight is 378 g/mol. The number of rotatable bonds is 6. The molecule has 1 amide bonds. The van der Waals surface area contributed by atoms with Gasteiger partial charge in [0, 0.05) is 6.07 Å². The Morgan fingerprint density at radius 2 is 2.13 bits per heavy atom. The molecular weight excluding hydrogens is 359 g/mol. The number of hydrogen-bond donors (Lipinski definition) is 2. The molecule has 2 aromatic rings. The van der Waals surface area contributed by atoms with Crippen LogP contribution in [0.3, 0.4) is 0 Å². The highest BCUT2D eigenvalue weighted by Gasteiger charge is 2.15. The first kappa shape index (κ1) is 19.8. The molecule has 1 heterocycles. The fraction of sp³-hybridized carbons (Fsp3) is 0.333. The Kier molecular flexibility index (Phi) is 7.85. The van der Waals surface area contributed by atoms with Gasteiger partial charge in [0.2, 0.25) is 5.91 Å². The molecule has 2 rings (SSSR count). The van der Waals surface area contributed by atoms with Crippen molar-refractivity contribution in [2.24, 2.45) is 5.73 Å². The number of halogens is 3. The number of benzene rings is 1. The second kappa shape index (κ2) is 9.13. The predicted octanol–water partition coefficient (Wildman–Crippen LogP) is 3.73. The number of anilines is 1. The largest absolute Gasteiger partial charge is 0.320 e. The Bertz CT molecular complexity index is 660. The number of hydrogen-bond acceptors (Lipinski definition) is 3. The summed E-state index contributed by atoms with van der Waals surface area (Å²) in [5, 5.41) is 7.96. The highest BCUT2D eigenvalue weighted by molar-refractivity contribution is 6.42. The number of carbonyl (C=O) groups is 1. The Labute approximate surface area is 151 Å². The molecule has 0 aliphatic carbocycles. The molecule has 126 valence electrons. The van der Waals surface area contributed by atoms with Gasteiger partial charge in [-0.1, -0.05) is 48.7 Å². The minimum Gasteiger partial charge on any atom is -0.320 e. The number of nitrogens with zero attached hydrogens (tertiary/aromatic N) is 2. The minimum atomic E-state index is -0.525. The Hall–Kier alpha value is -1.27. The van der Waals surface area contributed by atoms with E-state index in [0.29, 0.717) is 28.8 Å². The van der Waals surface area contributed by atoms with E-state index in [0.717, 1.165) is 12.0 Å². The summed E-state index contributed by atoms with van der Waals surface area (Å²) in [4.78, 5) is 12.0. The van der Waals surface area contributed by atoms with Crippen LogP contribution in [0.1, 0.15) is 25.3 Å². The average Bonchev–Trinajstić information content (AvgIpc) is 2.91. The molecule has 8 heteroatoms. The normalized spacial score (nSPS) is 11.7. The van der Waals surface area contributed by atoms with Crippen molar-refractivity contribution in [1.82, 2.24) is 9.78 Å². The quantitative estimate of drug-likeness (QED) is 0.805. The van der Waals surface area contributed by atoms with E-state index in [1.807, 2.05) is 19.1 Å². The highest BCUT2D eigenvalue weighted by atomic mass is 35.5. The Morgan fingerprint density at radius 3 is 2.83 bits per heavy atom. The van der Waals surface area contributed by atoms with Gasteiger partial charge >= 0.3 is 0 Å². The van der Waals surface area contributed by atoms with Crippen molar-refractivity contribution in [3.05, 3.63) is 46.1 Å². The van der Waals surface area contributed by atoms with Crippen molar-refractivity contribution in [1.29, 1.82) is 0 Å². The summed E-state index contributed by atoms with van der Waals surface area (Å²) in [6.07, 6.45) is 3.10. The van der Waals surface area contributed by atoms with Gasteiger partial charge in [0.1, 0.15) is 5.82 Å². The fourth-order valence-electron chi connectivity index (χ4n) is 2.06. The second-order valence-electron chi connectivity index (χ2n) is 4.97. The SMILES string of the molecule is CCCC(N)C(=O)Nc1ccnn1Cc1cccc(Cl)c1Cl.Cl. The van der Waals surface area contributed by atoms with Gasteiger partial charge < -0.3 is 11.1 Å². The third-order valence-electron chi connectivity index (χ3n) is 3.26. The predicted molar refractivity (Wildman–Crippen MR) is 96.6 cm³/mol. The highest BCUT2D eigenvalue weighted by Crippen LogP contribution is 2.26. The third-order valence-corrected chi connectivity index (χ3v) is 4.11. The molecule has 5 nitrogen and oxygen atoms in total. The topological polar surface area (TPSA) is 72.9 Å². The van der Waals surface area contributed by atoms with Gasteiger partial charge in [-0.3, -0.25) is 4.79 Å². The van der Waals surface area contributed by atoms with Crippen molar-refractivity contribution in [3.8, 4) is 0 Å². The first-order chi connectivity index (χ1) is 10.5. The van der Waals surface area contributed by atoms with Crippen LogP contribution < -0.4 is 11.1 Å². The Morgan fingerprint density at radius 1 is 1.39 bits per heavy atom. The molecule has 1 unspecified atom stereocenters. The Balaban J connectivity index is 0.00000264. The number of nitrogens with two attached hydrogens (primary N) is 1. The van der Waals surface area contributed by atoms with Crippen LogP contribution in [0.2, 0.25) is 10.0 Å². The van der Waals surface area contributed by atoms with Gasteiger partial charge in [0.25, 0.3) is 0 Å². The lowest BCUT2D eigenvalue weighted by molar-refractivity contribution is -0.117. The first-order valence-electron chi connectivity index (χ1n) is 7.04. The molecule has 0 bridgehead atoms. The van der Waals surface area contributed by atoms with E-state index in [1.54, 1.807) is 23.0 Å². The summed E-state index contributed by atoms with van der Waals surface area (Å²) in [5.41, 5.74) is 6.64. The number of aromatic nitrogens is 2. The van der Waals surface area contributed by atoms with Crippen LogP contribution in [0.4, 0.5) is 5.82 Å². The lowest BCUT2D eigenvalue weighted by Crippen LogP contribution is -2.36. The molecule has 0 aliphatic rings. The van der Waals surface area contributed by atoms with Crippen molar-refractivity contribution in [2.45, 2.75) is 32.4 Å². The van der Waals surface area contributed by atoms with E-state index in [2.05, 4.69) is 10.4 Å². The summed E-state index contributed by atoms with van der Waals surface area (Å²) < 4.78 is 1.65. The van der Waals surface area contributed by atoms with Crippen LogP contribution in [0, 0.1) is 0 Å². The maximum absolute atomic E-state index is 12.0. The molecule has 23 heavy (non-hydrogen) atoms. The minimum absolute atomic E-state index is 0. The lowest BCUT2D eigenvalue weighted by Gasteiger charge is -2.13. The smallest absolute Gasteiger partial charge is 0.242 e. The van der Waals surface area contributed by atoms with Gasteiger partial charge in [0.15, 0.2) is 0 Å². The maximum atomic E-state index is 12.0. The molecule has 1 aromatic carbocycles. The molecule has 0 aliphatic heterocycles. The van der Waals surface area contributed by atoms with Gasteiger partial charge in [-0.2, -0.15) is 5.10 Å². The summed E-state index contributed by atoms with van der Waals surface area (Å²) in [7, 11) is 0. The van der Waals surface area contributed by atoms with Crippen LogP contribution in [0.5, 0.6) is 0 Å². The van der Waals surface area contributed by atoms with E-state index in [9.17, 15) is 4.79 Å². The molecule has 0 spiro atoms. The molecule has 0 saturated heterocycles. The molecular formula is C15H19Cl3N4O. The van der Waals surface area contributed by atoms with E-state index in [1.165, 1.54) is 0 Å². The number of nitrogens with one attached hydrogen (secondary N) is 1. The zero-order chi connectivity index (χ0) is 16.1. The van der Waals surface area contributed by atoms with E-state index in [-0.39, 0.29) is 18.3 Å². The van der Waals surface area contributed by atoms with E-state index in [4.69, 9.17) is 28.9 Å². The van der Waals surface area contributed by atoms with Crippen molar-refractivity contribution < 1.29 is 4.79 Å². The monoisotopic (exact) mass is 376 g/mol. The molecule has 0 fully saturated rings. The van der Waals surface area contributed by atoms with Crippen molar-refractivity contribution >= 4 is 47.3 Å². The third kappa shape index (κ3) is 5.11.